The molecule has 0 bridgehead atoms. The fraction of sp³-hybridized carbons (Fsp3) is 0.125. The van der Waals surface area contributed by atoms with Crippen molar-refractivity contribution in [2.75, 3.05) is 11.9 Å². The third-order valence-electron chi connectivity index (χ3n) is 4.52. The summed E-state index contributed by atoms with van der Waals surface area (Å²) in [5.41, 5.74) is 7.67. The number of ether oxygens (including phenoxy) is 1. The topological polar surface area (TPSA) is 111 Å². The molecule has 0 spiro atoms. The van der Waals surface area contributed by atoms with Gasteiger partial charge in [-0.05, 0) is 35.7 Å². The zero-order valence-electron chi connectivity index (χ0n) is 16.8. The molecule has 7 heteroatoms. The second-order valence-corrected chi connectivity index (χ2v) is 6.87. The van der Waals surface area contributed by atoms with Gasteiger partial charge >= 0.3 is 12.0 Å². The van der Waals surface area contributed by atoms with Crippen molar-refractivity contribution in [2.45, 2.75) is 12.5 Å². The molecule has 0 saturated carbocycles. The Balaban J connectivity index is 1.62. The van der Waals surface area contributed by atoms with Crippen LogP contribution in [0.2, 0.25) is 0 Å². The van der Waals surface area contributed by atoms with Crippen LogP contribution in [-0.2, 0) is 16.0 Å². The molecule has 0 aromatic heterocycles. The van der Waals surface area contributed by atoms with Crippen LogP contribution in [0.1, 0.15) is 27.5 Å². The van der Waals surface area contributed by atoms with E-state index in [0.717, 1.165) is 11.1 Å². The quantitative estimate of drug-likeness (QED) is 0.488. The molecular weight excluding hydrogens is 394 g/mol. The first-order valence-corrected chi connectivity index (χ1v) is 9.73. The summed E-state index contributed by atoms with van der Waals surface area (Å²) in [4.78, 5) is 35.7. The van der Waals surface area contributed by atoms with Crippen molar-refractivity contribution in [3.63, 3.8) is 0 Å². The SMILES string of the molecule is NC(=O)Nc1cccc(C(=O)OCC(=O)N[C@H](Cc2ccccc2)c2ccccc2)c1. The highest BCUT2D eigenvalue weighted by atomic mass is 16.5. The number of carbonyl (C=O) groups excluding carboxylic acids is 3. The molecule has 0 aliphatic carbocycles. The van der Waals surface area contributed by atoms with Crippen molar-refractivity contribution in [3.05, 3.63) is 102 Å². The number of nitrogens with two attached hydrogens (primary N) is 1. The van der Waals surface area contributed by atoms with E-state index in [2.05, 4.69) is 10.6 Å². The molecule has 1 atom stereocenters. The number of benzene rings is 3. The molecule has 0 fully saturated rings. The third kappa shape index (κ3) is 6.71. The molecule has 0 aliphatic rings. The van der Waals surface area contributed by atoms with Crippen molar-refractivity contribution in [1.29, 1.82) is 0 Å². The molecule has 3 rings (SSSR count). The number of rotatable bonds is 8. The molecule has 0 radical (unpaired) electrons. The molecule has 3 amide bonds. The van der Waals surface area contributed by atoms with Crippen LogP contribution in [0.4, 0.5) is 10.5 Å². The van der Waals surface area contributed by atoms with E-state index in [1.807, 2.05) is 60.7 Å². The van der Waals surface area contributed by atoms with Gasteiger partial charge in [0.25, 0.3) is 5.91 Å². The number of nitrogens with one attached hydrogen (secondary N) is 2. The van der Waals surface area contributed by atoms with Crippen molar-refractivity contribution < 1.29 is 19.1 Å². The van der Waals surface area contributed by atoms with Crippen LogP contribution in [0.15, 0.2) is 84.9 Å². The molecule has 31 heavy (non-hydrogen) atoms. The molecule has 0 unspecified atom stereocenters. The smallest absolute Gasteiger partial charge is 0.338 e. The molecule has 0 aliphatic heterocycles. The molecular formula is C24H23N3O4. The van der Waals surface area contributed by atoms with E-state index in [1.54, 1.807) is 12.1 Å². The summed E-state index contributed by atoms with van der Waals surface area (Å²) in [7, 11) is 0. The van der Waals surface area contributed by atoms with E-state index in [0.29, 0.717) is 12.1 Å². The molecule has 158 valence electrons. The van der Waals surface area contributed by atoms with Gasteiger partial charge in [0.15, 0.2) is 6.61 Å². The first-order chi connectivity index (χ1) is 15.0. The van der Waals surface area contributed by atoms with E-state index < -0.39 is 24.5 Å². The van der Waals surface area contributed by atoms with E-state index in [9.17, 15) is 14.4 Å². The summed E-state index contributed by atoms with van der Waals surface area (Å²) in [5.74, 6) is -1.09. The summed E-state index contributed by atoms with van der Waals surface area (Å²) in [5, 5.41) is 5.32. The maximum absolute atomic E-state index is 12.5. The van der Waals surface area contributed by atoms with Gasteiger partial charge in [0.05, 0.1) is 11.6 Å². The average molecular weight is 417 g/mol. The summed E-state index contributed by atoms with van der Waals surface area (Å²) >= 11 is 0. The minimum absolute atomic E-state index is 0.197. The first-order valence-electron chi connectivity index (χ1n) is 9.73. The fourth-order valence-electron chi connectivity index (χ4n) is 3.10. The highest BCUT2D eigenvalue weighted by Crippen LogP contribution is 2.18. The van der Waals surface area contributed by atoms with E-state index >= 15 is 0 Å². The Bertz CT molecular complexity index is 1040. The van der Waals surface area contributed by atoms with Gasteiger partial charge in [-0.15, -0.1) is 0 Å². The van der Waals surface area contributed by atoms with Crippen LogP contribution in [0.3, 0.4) is 0 Å². The number of carbonyl (C=O) groups is 3. The number of amides is 3. The lowest BCUT2D eigenvalue weighted by Crippen LogP contribution is -2.33. The van der Waals surface area contributed by atoms with E-state index in [-0.39, 0.29) is 11.6 Å². The largest absolute Gasteiger partial charge is 0.452 e. The summed E-state index contributed by atoms with van der Waals surface area (Å²) in [6, 6.07) is 24.5. The maximum atomic E-state index is 12.5. The Morgan fingerprint density at radius 2 is 1.55 bits per heavy atom. The highest BCUT2D eigenvalue weighted by molar-refractivity contribution is 5.94. The monoisotopic (exact) mass is 417 g/mol. The number of hydrogen-bond donors (Lipinski definition) is 3. The van der Waals surface area contributed by atoms with Gasteiger partial charge in [-0.2, -0.15) is 0 Å². The summed E-state index contributed by atoms with van der Waals surface area (Å²) in [6.07, 6.45) is 0.603. The Morgan fingerprint density at radius 3 is 2.23 bits per heavy atom. The Kier molecular flexibility index (Phi) is 7.37. The normalized spacial score (nSPS) is 11.2. The zero-order chi connectivity index (χ0) is 22.1. The van der Waals surface area contributed by atoms with Crippen LogP contribution < -0.4 is 16.4 Å². The van der Waals surface area contributed by atoms with Crippen LogP contribution in [-0.4, -0.2) is 24.5 Å². The van der Waals surface area contributed by atoms with Crippen LogP contribution in [0.25, 0.3) is 0 Å². The van der Waals surface area contributed by atoms with Crippen LogP contribution in [0.5, 0.6) is 0 Å². The molecule has 0 heterocycles. The fourth-order valence-corrected chi connectivity index (χ4v) is 3.10. The average Bonchev–Trinajstić information content (AvgIpc) is 2.78. The Hall–Kier alpha value is -4.13. The maximum Gasteiger partial charge on any atom is 0.338 e. The predicted molar refractivity (Wildman–Crippen MR) is 117 cm³/mol. The molecule has 4 N–H and O–H groups in total. The van der Waals surface area contributed by atoms with Gasteiger partial charge in [-0.25, -0.2) is 9.59 Å². The second kappa shape index (κ2) is 10.6. The molecule has 3 aromatic rings. The van der Waals surface area contributed by atoms with Crippen molar-refractivity contribution >= 4 is 23.6 Å². The number of esters is 1. The summed E-state index contributed by atoms with van der Waals surface area (Å²) in [6.45, 7) is -0.426. The van der Waals surface area contributed by atoms with Crippen molar-refractivity contribution in [3.8, 4) is 0 Å². The summed E-state index contributed by atoms with van der Waals surface area (Å²) < 4.78 is 5.14. The minimum atomic E-state index is -0.740. The zero-order valence-corrected chi connectivity index (χ0v) is 16.8. The number of hydrogen-bond acceptors (Lipinski definition) is 4. The number of anilines is 1. The first kappa shape index (κ1) is 21.6. The lowest BCUT2D eigenvalue weighted by atomic mass is 9.99. The Morgan fingerprint density at radius 1 is 0.871 bits per heavy atom. The molecule has 3 aromatic carbocycles. The van der Waals surface area contributed by atoms with E-state index in [4.69, 9.17) is 10.5 Å². The van der Waals surface area contributed by atoms with Crippen LogP contribution >= 0.6 is 0 Å². The lowest BCUT2D eigenvalue weighted by Gasteiger charge is -2.19. The van der Waals surface area contributed by atoms with Crippen molar-refractivity contribution in [2.24, 2.45) is 5.73 Å². The predicted octanol–water partition coefficient (Wildman–Crippen LogP) is 3.43. The standard InChI is InChI=1S/C24H23N3O4/c25-24(30)26-20-13-7-12-19(15-20)23(29)31-16-22(28)27-21(18-10-5-2-6-11-18)14-17-8-3-1-4-9-17/h1-13,15,21H,14,16H2,(H,27,28)(H3,25,26,30)/t21-/m1/s1. The number of primary amides is 1. The van der Waals surface area contributed by atoms with E-state index in [1.165, 1.54) is 12.1 Å². The molecule has 7 nitrogen and oxygen atoms in total. The van der Waals surface area contributed by atoms with Gasteiger partial charge in [0.1, 0.15) is 0 Å². The van der Waals surface area contributed by atoms with Crippen molar-refractivity contribution in [1.82, 2.24) is 5.32 Å². The third-order valence-corrected chi connectivity index (χ3v) is 4.52. The number of urea groups is 1. The van der Waals surface area contributed by atoms with Gasteiger partial charge in [0.2, 0.25) is 0 Å². The van der Waals surface area contributed by atoms with Gasteiger partial charge in [-0.3, -0.25) is 4.79 Å². The molecule has 0 saturated heterocycles. The van der Waals surface area contributed by atoms with Crippen LogP contribution in [0, 0.1) is 0 Å². The second-order valence-electron chi connectivity index (χ2n) is 6.87. The highest BCUT2D eigenvalue weighted by Gasteiger charge is 2.17. The Labute approximate surface area is 180 Å². The minimum Gasteiger partial charge on any atom is -0.452 e. The van der Waals surface area contributed by atoms with Gasteiger partial charge < -0.3 is 21.1 Å². The van der Waals surface area contributed by atoms with Gasteiger partial charge in [-0.1, -0.05) is 66.7 Å². The lowest BCUT2D eigenvalue weighted by molar-refractivity contribution is -0.125. The van der Waals surface area contributed by atoms with Gasteiger partial charge in [0, 0.05) is 5.69 Å².